The molecule has 1 nitrogen and oxygen atoms in total. The van der Waals surface area contributed by atoms with Crippen LogP contribution in [0.3, 0.4) is 0 Å². The standard InChI is InChI=1S/C18H17NS3/c1-20-17-9-7-14(21-18-10-8-15(12-19)22-18)11-16(17)13-5-3-2-4-6-13/h2-11H,12,19H2,1H3. The summed E-state index contributed by atoms with van der Waals surface area (Å²) in [6, 6.07) is 21.5. The second-order valence-electron chi connectivity index (χ2n) is 4.76. The maximum Gasteiger partial charge on any atom is 0.0649 e. The van der Waals surface area contributed by atoms with Gasteiger partial charge < -0.3 is 5.73 Å². The number of thiophene rings is 1. The first-order valence-electron chi connectivity index (χ1n) is 7.00. The first-order chi connectivity index (χ1) is 10.8. The molecule has 0 saturated carbocycles. The summed E-state index contributed by atoms with van der Waals surface area (Å²) in [7, 11) is 0. The Morgan fingerprint density at radius 3 is 2.50 bits per heavy atom. The molecule has 0 atom stereocenters. The predicted molar refractivity (Wildman–Crippen MR) is 100.0 cm³/mol. The van der Waals surface area contributed by atoms with Gasteiger partial charge in [0.1, 0.15) is 0 Å². The highest BCUT2D eigenvalue weighted by Gasteiger charge is 2.08. The van der Waals surface area contributed by atoms with Gasteiger partial charge in [-0.05, 0) is 47.7 Å². The van der Waals surface area contributed by atoms with Crippen LogP contribution in [0.15, 0.2) is 74.7 Å². The van der Waals surface area contributed by atoms with Gasteiger partial charge in [-0.1, -0.05) is 42.1 Å². The summed E-state index contributed by atoms with van der Waals surface area (Å²) in [6.07, 6.45) is 2.13. The Hall–Kier alpha value is -1.20. The Bertz CT molecular complexity index is 750. The summed E-state index contributed by atoms with van der Waals surface area (Å²) in [5.41, 5.74) is 8.26. The van der Waals surface area contributed by atoms with Crippen molar-refractivity contribution < 1.29 is 0 Å². The van der Waals surface area contributed by atoms with E-state index in [4.69, 9.17) is 5.73 Å². The van der Waals surface area contributed by atoms with Gasteiger partial charge in [0.25, 0.3) is 0 Å². The Balaban J connectivity index is 1.93. The van der Waals surface area contributed by atoms with Gasteiger partial charge in [-0.15, -0.1) is 23.1 Å². The van der Waals surface area contributed by atoms with Crippen molar-refractivity contribution in [2.75, 3.05) is 6.26 Å². The average molecular weight is 344 g/mol. The molecule has 0 fully saturated rings. The summed E-state index contributed by atoms with van der Waals surface area (Å²) in [4.78, 5) is 3.80. The Morgan fingerprint density at radius 1 is 1.00 bits per heavy atom. The van der Waals surface area contributed by atoms with Crippen molar-refractivity contribution >= 4 is 34.9 Å². The van der Waals surface area contributed by atoms with Crippen LogP contribution in [0.2, 0.25) is 0 Å². The molecule has 1 aromatic heterocycles. The van der Waals surface area contributed by atoms with E-state index in [0.717, 1.165) is 0 Å². The van der Waals surface area contributed by atoms with E-state index in [1.165, 1.54) is 30.0 Å². The smallest absolute Gasteiger partial charge is 0.0649 e. The first kappa shape index (κ1) is 15.7. The monoisotopic (exact) mass is 343 g/mol. The summed E-state index contributed by atoms with van der Waals surface area (Å²) in [5.74, 6) is 0. The summed E-state index contributed by atoms with van der Waals surface area (Å²) in [6.45, 7) is 0.617. The van der Waals surface area contributed by atoms with Crippen LogP contribution in [-0.2, 0) is 6.54 Å². The van der Waals surface area contributed by atoms with Gasteiger partial charge in [-0.2, -0.15) is 0 Å². The third-order valence-electron chi connectivity index (χ3n) is 3.31. The SMILES string of the molecule is CSc1ccc(Sc2ccc(CN)s2)cc1-c1ccccc1. The van der Waals surface area contributed by atoms with E-state index in [9.17, 15) is 0 Å². The number of rotatable bonds is 5. The first-order valence-corrected chi connectivity index (χ1v) is 9.86. The van der Waals surface area contributed by atoms with Gasteiger partial charge in [0.15, 0.2) is 0 Å². The molecule has 2 N–H and O–H groups in total. The van der Waals surface area contributed by atoms with Crippen molar-refractivity contribution in [1.29, 1.82) is 0 Å². The van der Waals surface area contributed by atoms with E-state index in [1.54, 1.807) is 34.9 Å². The zero-order chi connectivity index (χ0) is 15.4. The lowest BCUT2D eigenvalue weighted by Gasteiger charge is -2.10. The van der Waals surface area contributed by atoms with Crippen molar-refractivity contribution in [3.8, 4) is 11.1 Å². The molecule has 2 aromatic carbocycles. The Labute approximate surface area is 144 Å². The second kappa shape index (κ2) is 7.38. The fraction of sp³-hybridized carbons (Fsp3) is 0.111. The molecule has 0 amide bonds. The molecule has 4 heteroatoms. The van der Waals surface area contributed by atoms with E-state index < -0.39 is 0 Å². The van der Waals surface area contributed by atoms with Crippen LogP contribution >= 0.6 is 34.9 Å². The van der Waals surface area contributed by atoms with Crippen molar-refractivity contribution in [2.45, 2.75) is 20.5 Å². The molecule has 0 saturated heterocycles. The highest BCUT2D eigenvalue weighted by Crippen LogP contribution is 2.38. The number of thioether (sulfide) groups is 1. The minimum absolute atomic E-state index is 0.617. The molecule has 0 radical (unpaired) electrons. The number of hydrogen-bond donors (Lipinski definition) is 1. The van der Waals surface area contributed by atoms with Crippen LogP contribution in [0.5, 0.6) is 0 Å². The molecular formula is C18H17NS3. The molecule has 3 rings (SSSR count). The van der Waals surface area contributed by atoms with Crippen LogP contribution < -0.4 is 5.73 Å². The summed E-state index contributed by atoms with van der Waals surface area (Å²) in [5, 5.41) is 0. The molecule has 22 heavy (non-hydrogen) atoms. The fourth-order valence-corrected chi connectivity index (χ4v) is 4.91. The third kappa shape index (κ3) is 3.58. The van der Waals surface area contributed by atoms with Crippen LogP contribution in [0.1, 0.15) is 4.88 Å². The van der Waals surface area contributed by atoms with Gasteiger partial charge in [0.05, 0.1) is 4.21 Å². The minimum atomic E-state index is 0.617. The van der Waals surface area contributed by atoms with Gasteiger partial charge in [0, 0.05) is 21.2 Å². The number of benzene rings is 2. The largest absolute Gasteiger partial charge is 0.326 e. The Morgan fingerprint density at radius 2 is 1.82 bits per heavy atom. The molecule has 0 aliphatic carbocycles. The Kier molecular flexibility index (Phi) is 5.26. The maximum atomic E-state index is 5.69. The highest BCUT2D eigenvalue weighted by atomic mass is 32.2. The zero-order valence-electron chi connectivity index (χ0n) is 12.3. The fourth-order valence-electron chi connectivity index (χ4n) is 2.23. The number of nitrogens with two attached hydrogens (primary N) is 1. The topological polar surface area (TPSA) is 26.0 Å². The van der Waals surface area contributed by atoms with E-state index in [0.29, 0.717) is 6.54 Å². The zero-order valence-corrected chi connectivity index (χ0v) is 14.7. The quantitative estimate of drug-likeness (QED) is 0.598. The van der Waals surface area contributed by atoms with Crippen molar-refractivity contribution in [2.24, 2.45) is 5.73 Å². The normalized spacial score (nSPS) is 10.8. The molecule has 1 heterocycles. The minimum Gasteiger partial charge on any atom is -0.326 e. The van der Waals surface area contributed by atoms with Crippen LogP contribution in [-0.4, -0.2) is 6.26 Å². The van der Waals surface area contributed by atoms with Crippen molar-refractivity contribution in [3.63, 3.8) is 0 Å². The van der Waals surface area contributed by atoms with E-state index in [-0.39, 0.29) is 0 Å². The molecule has 0 spiro atoms. The van der Waals surface area contributed by atoms with Crippen LogP contribution in [0.25, 0.3) is 11.1 Å². The molecule has 3 aromatic rings. The lowest BCUT2D eigenvalue weighted by molar-refractivity contribution is 1.11. The third-order valence-corrected chi connectivity index (χ3v) is 6.34. The van der Waals surface area contributed by atoms with E-state index in [1.807, 2.05) is 0 Å². The second-order valence-corrected chi connectivity index (χ2v) is 8.15. The molecular weight excluding hydrogens is 326 g/mol. The average Bonchev–Trinajstić information content (AvgIpc) is 3.03. The molecule has 0 aliphatic heterocycles. The van der Waals surface area contributed by atoms with Crippen molar-refractivity contribution in [3.05, 3.63) is 65.5 Å². The van der Waals surface area contributed by atoms with Gasteiger partial charge in [-0.25, -0.2) is 0 Å². The van der Waals surface area contributed by atoms with Crippen LogP contribution in [0.4, 0.5) is 0 Å². The lowest BCUT2D eigenvalue weighted by atomic mass is 10.1. The van der Waals surface area contributed by atoms with Gasteiger partial charge in [-0.3, -0.25) is 0 Å². The van der Waals surface area contributed by atoms with Gasteiger partial charge in [0.2, 0.25) is 0 Å². The summed E-state index contributed by atoms with van der Waals surface area (Å²) >= 11 is 5.37. The summed E-state index contributed by atoms with van der Waals surface area (Å²) < 4.78 is 1.29. The molecule has 112 valence electrons. The molecule has 0 bridgehead atoms. The van der Waals surface area contributed by atoms with E-state index >= 15 is 0 Å². The van der Waals surface area contributed by atoms with Crippen molar-refractivity contribution in [1.82, 2.24) is 0 Å². The van der Waals surface area contributed by atoms with E-state index in [2.05, 4.69) is 66.9 Å². The van der Waals surface area contributed by atoms with Gasteiger partial charge >= 0.3 is 0 Å². The maximum absolute atomic E-state index is 5.69. The van der Waals surface area contributed by atoms with Crippen LogP contribution in [0, 0.1) is 0 Å². The predicted octanol–water partition coefficient (Wildman–Crippen LogP) is 5.75. The lowest BCUT2D eigenvalue weighted by Crippen LogP contribution is -1.90. The number of hydrogen-bond acceptors (Lipinski definition) is 4. The highest BCUT2D eigenvalue weighted by molar-refractivity contribution is 8.01. The molecule has 0 unspecified atom stereocenters. The molecule has 0 aliphatic rings.